The molecule has 96 valence electrons. The molecule has 1 fully saturated rings. The molecule has 1 aromatic carbocycles. The van der Waals surface area contributed by atoms with Gasteiger partial charge in [-0.2, -0.15) is 5.26 Å². The second-order valence-electron chi connectivity index (χ2n) is 5.25. The van der Waals surface area contributed by atoms with Crippen LogP contribution >= 0.6 is 0 Å². The number of hydrogen-bond donors (Lipinski definition) is 1. The zero-order valence-corrected chi connectivity index (χ0v) is 11.0. The Morgan fingerprint density at radius 3 is 2.72 bits per heavy atom. The lowest BCUT2D eigenvalue weighted by Gasteiger charge is -2.22. The van der Waals surface area contributed by atoms with Gasteiger partial charge in [-0.15, -0.1) is 0 Å². The monoisotopic (exact) mass is 243 g/mol. The first-order valence-corrected chi connectivity index (χ1v) is 6.71. The summed E-state index contributed by atoms with van der Waals surface area (Å²) in [6.45, 7) is 1.04. The minimum absolute atomic E-state index is 0.625. The van der Waals surface area contributed by atoms with Crippen molar-refractivity contribution in [1.29, 1.82) is 5.26 Å². The highest BCUT2D eigenvalue weighted by molar-refractivity contribution is 5.69. The van der Waals surface area contributed by atoms with Gasteiger partial charge in [0.05, 0.1) is 23.0 Å². The fraction of sp³-hybridized carbons (Fsp3) is 0.533. The number of benzene rings is 1. The van der Waals surface area contributed by atoms with Gasteiger partial charge < -0.3 is 10.6 Å². The minimum Gasteiger partial charge on any atom is -0.397 e. The Balaban J connectivity index is 1.95. The lowest BCUT2D eigenvalue weighted by Crippen LogP contribution is -2.21. The lowest BCUT2D eigenvalue weighted by atomic mass is 10.0. The summed E-state index contributed by atoms with van der Waals surface area (Å²) < 4.78 is 0. The molecule has 3 nitrogen and oxygen atoms in total. The summed E-state index contributed by atoms with van der Waals surface area (Å²) in [5, 5.41) is 8.82. The predicted octanol–water partition coefficient (Wildman–Crippen LogP) is 3.16. The van der Waals surface area contributed by atoms with Crippen molar-refractivity contribution in [3.63, 3.8) is 0 Å². The molecule has 0 radical (unpaired) electrons. The fourth-order valence-electron chi connectivity index (χ4n) is 2.77. The van der Waals surface area contributed by atoms with Crippen molar-refractivity contribution in [2.45, 2.75) is 32.1 Å². The summed E-state index contributed by atoms with van der Waals surface area (Å²) in [6.07, 6.45) is 6.81. The average Bonchev–Trinajstić information content (AvgIpc) is 2.88. The Kier molecular flexibility index (Phi) is 4.09. The molecule has 0 bridgehead atoms. The average molecular weight is 243 g/mol. The second-order valence-corrected chi connectivity index (χ2v) is 5.25. The van der Waals surface area contributed by atoms with E-state index in [1.54, 1.807) is 6.07 Å². The molecule has 0 amide bonds. The standard InChI is InChI=1S/C15H21N3/c1-18(9-8-12-4-2-3-5-12)15-7-6-13(11-16)10-14(15)17/h6-7,10,12H,2-5,8-9,17H2,1H3. The van der Waals surface area contributed by atoms with Crippen LogP contribution in [0.15, 0.2) is 18.2 Å². The summed E-state index contributed by atoms with van der Waals surface area (Å²) in [6, 6.07) is 7.64. The number of hydrogen-bond acceptors (Lipinski definition) is 3. The molecule has 1 aliphatic carbocycles. The zero-order valence-electron chi connectivity index (χ0n) is 11.0. The normalized spacial score (nSPS) is 15.6. The molecule has 0 saturated heterocycles. The summed E-state index contributed by atoms with van der Waals surface area (Å²) in [4.78, 5) is 2.20. The van der Waals surface area contributed by atoms with E-state index < -0.39 is 0 Å². The van der Waals surface area contributed by atoms with Gasteiger partial charge in [0.15, 0.2) is 0 Å². The van der Waals surface area contributed by atoms with E-state index in [9.17, 15) is 0 Å². The third-order valence-electron chi connectivity index (χ3n) is 3.92. The molecule has 0 spiro atoms. The van der Waals surface area contributed by atoms with Gasteiger partial charge in [-0.25, -0.2) is 0 Å². The molecular weight excluding hydrogens is 222 g/mol. The van der Waals surface area contributed by atoms with E-state index >= 15 is 0 Å². The molecular formula is C15H21N3. The molecule has 1 aromatic rings. The topological polar surface area (TPSA) is 53.0 Å². The smallest absolute Gasteiger partial charge is 0.0992 e. The minimum atomic E-state index is 0.625. The largest absolute Gasteiger partial charge is 0.397 e. The van der Waals surface area contributed by atoms with Gasteiger partial charge in [-0.05, 0) is 30.5 Å². The lowest BCUT2D eigenvalue weighted by molar-refractivity contribution is 0.505. The van der Waals surface area contributed by atoms with Crippen LogP contribution < -0.4 is 10.6 Å². The van der Waals surface area contributed by atoms with E-state index in [1.807, 2.05) is 12.1 Å². The number of nitrogens with two attached hydrogens (primary N) is 1. The van der Waals surface area contributed by atoms with Gasteiger partial charge in [0.25, 0.3) is 0 Å². The van der Waals surface area contributed by atoms with E-state index in [0.29, 0.717) is 11.3 Å². The first-order chi connectivity index (χ1) is 8.70. The number of nitrogens with zero attached hydrogens (tertiary/aromatic N) is 2. The quantitative estimate of drug-likeness (QED) is 0.826. The van der Waals surface area contributed by atoms with Crippen LogP contribution in [0.1, 0.15) is 37.7 Å². The van der Waals surface area contributed by atoms with Gasteiger partial charge in [0.2, 0.25) is 0 Å². The molecule has 1 saturated carbocycles. The highest BCUT2D eigenvalue weighted by Gasteiger charge is 2.16. The molecule has 0 aromatic heterocycles. The first-order valence-electron chi connectivity index (χ1n) is 6.71. The highest BCUT2D eigenvalue weighted by Crippen LogP contribution is 2.29. The third kappa shape index (κ3) is 2.95. The zero-order chi connectivity index (χ0) is 13.0. The maximum atomic E-state index is 8.82. The summed E-state index contributed by atoms with van der Waals surface area (Å²) in [5.41, 5.74) is 8.35. The van der Waals surface area contributed by atoms with Gasteiger partial charge in [-0.1, -0.05) is 25.7 Å². The Morgan fingerprint density at radius 1 is 1.39 bits per heavy atom. The van der Waals surface area contributed by atoms with Crippen LogP contribution in [-0.4, -0.2) is 13.6 Å². The van der Waals surface area contributed by atoms with Crippen LogP contribution in [0.4, 0.5) is 11.4 Å². The van der Waals surface area contributed by atoms with Crippen molar-refractivity contribution in [1.82, 2.24) is 0 Å². The van der Waals surface area contributed by atoms with E-state index in [4.69, 9.17) is 11.0 Å². The van der Waals surface area contributed by atoms with Gasteiger partial charge in [-0.3, -0.25) is 0 Å². The van der Waals surface area contributed by atoms with E-state index in [1.165, 1.54) is 32.1 Å². The van der Waals surface area contributed by atoms with Crippen LogP contribution in [0, 0.1) is 17.2 Å². The molecule has 0 aliphatic heterocycles. The maximum absolute atomic E-state index is 8.82. The Morgan fingerprint density at radius 2 is 2.11 bits per heavy atom. The maximum Gasteiger partial charge on any atom is 0.0992 e. The molecule has 18 heavy (non-hydrogen) atoms. The molecule has 1 aliphatic rings. The molecule has 0 heterocycles. The van der Waals surface area contributed by atoms with Crippen molar-refractivity contribution in [3.05, 3.63) is 23.8 Å². The summed E-state index contributed by atoms with van der Waals surface area (Å²) >= 11 is 0. The van der Waals surface area contributed by atoms with Crippen LogP contribution in [0.25, 0.3) is 0 Å². The number of anilines is 2. The van der Waals surface area contributed by atoms with Gasteiger partial charge in [0, 0.05) is 13.6 Å². The third-order valence-corrected chi connectivity index (χ3v) is 3.92. The first kappa shape index (κ1) is 12.8. The van der Waals surface area contributed by atoms with Crippen molar-refractivity contribution in [3.8, 4) is 6.07 Å². The van der Waals surface area contributed by atoms with Crippen LogP contribution in [0.2, 0.25) is 0 Å². The molecule has 2 rings (SSSR count). The Labute approximate surface area is 109 Å². The van der Waals surface area contributed by atoms with E-state index in [0.717, 1.165) is 18.2 Å². The summed E-state index contributed by atoms with van der Waals surface area (Å²) in [7, 11) is 2.08. The predicted molar refractivity (Wildman–Crippen MR) is 75.4 cm³/mol. The number of nitriles is 1. The number of nitrogen functional groups attached to an aromatic ring is 1. The molecule has 0 atom stereocenters. The Bertz CT molecular complexity index is 442. The fourth-order valence-corrected chi connectivity index (χ4v) is 2.77. The van der Waals surface area contributed by atoms with E-state index in [2.05, 4.69) is 18.0 Å². The van der Waals surface area contributed by atoms with Crippen molar-refractivity contribution in [2.75, 3.05) is 24.2 Å². The van der Waals surface area contributed by atoms with Crippen LogP contribution in [0.3, 0.4) is 0 Å². The highest BCUT2D eigenvalue weighted by atomic mass is 15.1. The molecule has 3 heteroatoms. The van der Waals surface area contributed by atoms with Crippen LogP contribution in [-0.2, 0) is 0 Å². The van der Waals surface area contributed by atoms with Crippen LogP contribution in [0.5, 0.6) is 0 Å². The van der Waals surface area contributed by atoms with Gasteiger partial charge >= 0.3 is 0 Å². The SMILES string of the molecule is CN(CCC1CCCC1)c1ccc(C#N)cc1N. The van der Waals surface area contributed by atoms with Crippen molar-refractivity contribution in [2.24, 2.45) is 5.92 Å². The molecule has 2 N–H and O–H groups in total. The Hall–Kier alpha value is -1.69. The molecule has 0 unspecified atom stereocenters. The van der Waals surface area contributed by atoms with Gasteiger partial charge in [0.1, 0.15) is 0 Å². The van der Waals surface area contributed by atoms with E-state index in [-0.39, 0.29) is 0 Å². The van der Waals surface area contributed by atoms with Crippen molar-refractivity contribution >= 4 is 11.4 Å². The number of rotatable bonds is 4. The van der Waals surface area contributed by atoms with Crippen molar-refractivity contribution < 1.29 is 0 Å². The summed E-state index contributed by atoms with van der Waals surface area (Å²) in [5.74, 6) is 0.895. The second kappa shape index (κ2) is 5.77.